The summed E-state index contributed by atoms with van der Waals surface area (Å²) in [6.45, 7) is 7.43. The van der Waals surface area contributed by atoms with E-state index in [9.17, 15) is 18.0 Å². The van der Waals surface area contributed by atoms with Crippen LogP contribution in [0.3, 0.4) is 0 Å². The highest BCUT2D eigenvalue weighted by Gasteiger charge is 2.35. The fraction of sp³-hybridized carbons (Fsp3) is 0.231. The Balaban J connectivity index is 1.64. The minimum Gasteiger partial charge on any atom is -0.484 e. The Morgan fingerprint density at radius 1 is 1.39 bits per heavy atom. The molecule has 0 spiro atoms. The molecular formula is C26H25F3N4O2S. The van der Waals surface area contributed by atoms with Crippen molar-refractivity contribution in [3.63, 3.8) is 0 Å². The number of H-pyrrole nitrogens is 1. The van der Waals surface area contributed by atoms with Crippen LogP contribution < -0.4 is 15.4 Å². The predicted octanol–water partition coefficient (Wildman–Crippen LogP) is 6.70. The van der Waals surface area contributed by atoms with Crippen LogP contribution in [0.5, 0.6) is 5.75 Å². The van der Waals surface area contributed by atoms with Crippen molar-refractivity contribution in [3.8, 4) is 5.75 Å². The smallest absolute Gasteiger partial charge is 0.416 e. The molecule has 6 nitrogen and oxygen atoms in total. The van der Waals surface area contributed by atoms with Gasteiger partial charge in [0.2, 0.25) is 0 Å². The van der Waals surface area contributed by atoms with Gasteiger partial charge in [-0.15, -0.1) is 11.3 Å². The molecule has 0 aliphatic heterocycles. The summed E-state index contributed by atoms with van der Waals surface area (Å²) in [7, 11) is 0. The molecule has 4 rings (SSSR count). The summed E-state index contributed by atoms with van der Waals surface area (Å²) >= 11 is 1.09. The monoisotopic (exact) mass is 514 g/mol. The molecule has 1 aliphatic carbocycles. The van der Waals surface area contributed by atoms with Gasteiger partial charge in [0.25, 0.3) is 5.91 Å². The number of nitrogens with two attached hydrogens (primary N) is 1. The maximum absolute atomic E-state index is 13.5. The van der Waals surface area contributed by atoms with Gasteiger partial charge in [-0.1, -0.05) is 30.9 Å². The number of primary amides is 1. The van der Waals surface area contributed by atoms with Gasteiger partial charge in [0.1, 0.15) is 21.7 Å². The van der Waals surface area contributed by atoms with Crippen molar-refractivity contribution >= 4 is 22.2 Å². The Labute approximate surface area is 210 Å². The van der Waals surface area contributed by atoms with Gasteiger partial charge in [-0.2, -0.15) is 18.3 Å². The summed E-state index contributed by atoms with van der Waals surface area (Å²) in [4.78, 5) is 14.1. The molecule has 188 valence electrons. The zero-order valence-electron chi connectivity index (χ0n) is 19.7. The van der Waals surface area contributed by atoms with Crippen LogP contribution in [0.1, 0.15) is 58.7 Å². The van der Waals surface area contributed by atoms with Crippen molar-refractivity contribution in [2.75, 3.05) is 4.90 Å². The quantitative estimate of drug-likeness (QED) is 0.351. The second-order valence-corrected chi connectivity index (χ2v) is 9.44. The molecule has 0 saturated carbocycles. The zero-order valence-corrected chi connectivity index (χ0v) is 20.5. The molecule has 3 N–H and O–H groups in total. The third-order valence-corrected chi connectivity index (χ3v) is 7.12. The molecule has 0 radical (unpaired) electrons. The lowest BCUT2D eigenvalue weighted by molar-refractivity contribution is -0.138. The number of hydrogen-bond acceptors (Lipinski definition) is 5. The number of aromatic nitrogens is 2. The molecule has 2 aromatic heterocycles. The Kier molecular flexibility index (Phi) is 7.07. The van der Waals surface area contributed by atoms with Crippen LogP contribution in [0.4, 0.5) is 18.2 Å². The number of rotatable bonds is 8. The van der Waals surface area contributed by atoms with E-state index in [0.717, 1.165) is 40.7 Å². The van der Waals surface area contributed by atoms with Crippen molar-refractivity contribution in [2.24, 2.45) is 5.73 Å². The Morgan fingerprint density at radius 2 is 2.14 bits per heavy atom. The third kappa shape index (κ3) is 5.08. The minimum atomic E-state index is -4.54. The van der Waals surface area contributed by atoms with Gasteiger partial charge in [0.05, 0.1) is 11.8 Å². The predicted molar refractivity (Wildman–Crippen MR) is 134 cm³/mol. The highest BCUT2D eigenvalue weighted by Crippen LogP contribution is 2.42. The van der Waals surface area contributed by atoms with Gasteiger partial charge in [0, 0.05) is 35.6 Å². The van der Waals surface area contributed by atoms with Crippen LogP contribution in [0, 0.1) is 0 Å². The molecule has 0 saturated heterocycles. The van der Waals surface area contributed by atoms with Crippen molar-refractivity contribution in [1.29, 1.82) is 0 Å². The van der Waals surface area contributed by atoms with E-state index in [4.69, 9.17) is 10.5 Å². The van der Waals surface area contributed by atoms with Gasteiger partial charge >= 0.3 is 6.18 Å². The molecule has 2 heterocycles. The van der Waals surface area contributed by atoms with Crippen molar-refractivity contribution in [1.82, 2.24) is 10.2 Å². The number of thiophene rings is 1. The molecule has 0 bridgehead atoms. The van der Waals surface area contributed by atoms with Gasteiger partial charge in [-0.3, -0.25) is 9.89 Å². The zero-order chi connectivity index (χ0) is 26.0. The number of anilines is 1. The number of nitrogens with one attached hydrogen (secondary N) is 1. The summed E-state index contributed by atoms with van der Waals surface area (Å²) < 4.78 is 46.4. The second-order valence-electron chi connectivity index (χ2n) is 8.41. The SMILES string of the molecule is C=CN(C1=C(C)CC(c2cn[nH]c2)C=C1)c1cc(OC(C)c2ccccc2C(F)(F)F)c(C(N)=O)s1. The first kappa shape index (κ1) is 25.3. The van der Waals surface area contributed by atoms with E-state index < -0.39 is 23.8 Å². The summed E-state index contributed by atoms with van der Waals surface area (Å²) in [6.07, 6.45) is 4.56. The summed E-state index contributed by atoms with van der Waals surface area (Å²) in [5.74, 6) is -0.434. The van der Waals surface area contributed by atoms with E-state index in [2.05, 4.69) is 22.9 Å². The lowest BCUT2D eigenvalue weighted by atomic mass is 9.89. The van der Waals surface area contributed by atoms with Crippen LogP contribution in [0.15, 0.2) is 78.9 Å². The van der Waals surface area contributed by atoms with Gasteiger partial charge in [-0.25, -0.2) is 0 Å². The molecule has 3 aromatic rings. The van der Waals surface area contributed by atoms with E-state index in [1.54, 1.807) is 18.5 Å². The van der Waals surface area contributed by atoms with Crippen LogP contribution in [-0.4, -0.2) is 16.1 Å². The van der Waals surface area contributed by atoms with E-state index in [1.165, 1.54) is 25.1 Å². The number of nitrogens with zero attached hydrogens (tertiary/aromatic N) is 2. The van der Waals surface area contributed by atoms with Crippen LogP contribution >= 0.6 is 11.3 Å². The molecule has 10 heteroatoms. The standard InChI is InChI=1S/C26H25F3N4O2S/c1-4-33(21-10-9-17(11-15(21)2)18-13-31-32-14-18)23-12-22(24(36-23)25(30)34)35-16(3)19-7-5-6-8-20(19)26(27,28)29/h4-10,12-14,16-17H,1,11H2,2-3H3,(H2,30,34)(H,31,32). The molecule has 36 heavy (non-hydrogen) atoms. The summed E-state index contributed by atoms with van der Waals surface area (Å²) in [5.41, 5.74) is 7.81. The first-order valence-corrected chi connectivity index (χ1v) is 12.0. The molecule has 1 aliphatic rings. The fourth-order valence-electron chi connectivity index (χ4n) is 4.24. The number of aromatic amines is 1. The van der Waals surface area contributed by atoms with Crippen LogP contribution in [-0.2, 0) is 6.18 Å². The molecule has 1 aromatic carbocycles. The highest BCUT2D eigenvalue weighted by atomic mass is 32.1. The number of amides is 1. The number of carbonyl (C=O) groups is 1. The van der Waals surface area contributed by atoms with E-state index >= 15 is 0 Å². The molecule has 1 amide bonds. The highest BCUT2D eigenvalue weighted by molar-refractivity contribution is 7.18. The topological polar surface area (TPSA) is 84.2 Å². The number of benzene rings is 1. The van der Waals surface area contributed by atoms with Crippen molar-refractivity contribution in [2.45, 2.75) is 38.5 Å². The molecule has 2 atom stereocenters. The second kappa shape index (κ2) is 10.1. The number of hydrogen-bond donors (Lipinski definition) is 2. The van der Waals surface area contributed by atoms with Crippen LogP contribution in [0.25, 0.3) is 0 Å². The van der Waals surface area contributed by atoms with Gasteiger partial charge < -0.3 is 15.4 Å². The van der Waals surface area contributed by atoms with E-state index in [-0.39, 0.29) is 22.1 Å². The summed E-state index contributed by atoms with van der Waals surface area (Å²) in [6, 6.07) is 6.81. The number of ether oxygens (including phenoxy) is 1. The largest absolute Gasteiger partial charge is 0.484 e. The molecular weight excluding hydrogens is 489 g/mol. The first-order chi connectivity index (χ1) is 17.1. The molecule has 0 fully saturated rings. The summed E-state index contributed by atoms with van der Waals surface area (Å²) in [5, 5.41) is 7.44. The van der Waals surface area contributed by atoms with Crippen molar-refractivity contribution in [3.05, 3.63) is 100 Å². The maximum Gasteiger partial charge on any atom is 0.416 e. The lowest BCUT2D eigenvalue weighted by Crippen LogP contribution is -2.17. The number of allylic oxidation sites excluding steroid dienone is 3. The average Bonchev–Trinajstić information content (AvgIpc) is 3.51. The Bertz CT molecular complexity index is 1330. The normalized spacial score (nSPS) is 16.6. The van der Waals surface area contributed by atoms with Crippen LogP contribution in [0.2, 0.25) is 0 Å². The van der Waals surface area contributed by atoms with Crippen molar-refractivity contribution < 1.29 is 22.7 Å². The Hall–Kier alpha value is -3.79. The van der Waals surface area contributed by atoms with E-state index in [0.29, 0.717) is 5.00 Å². The third-order valence-electron chi connectivity index (χ3n) is 5.99. The van der Waals surface area contributed by atoms with E-state index in [1.807, 2.05) is 24.1 Å². The lowest BCUT2D eigenvalue weighted by Gasteiger charge is -2.27. The fourth-order valence-corrected chi connectivity index (χ4v) is 5.20. The maximum atomic E-state index is 13.5. The first-order valence-electron chi connectivity index (χ1n) is 11.1. The van der Waals surface area contributed by atoms with Gasteiger partial charge in [-0.05, 0) is 43.5 Å². The Morgan fingerprint density at radius 3 is 2.75 bits per heavy atom. The number of carbonyl (C=O) groups excluding carboxylic acids is 1. The van der Waals surface area contributed by atoms with Gasteiger partial charge in [0.15, 0.2) is 0 Å². The number of halogens is 3. The number of alkyl halides is 3. The minimum absolute atomic E-state index is 0.0344. The average molecular weight is 515 g/mol. The molecule has 2 unspecified atom stereocenters.